The van der Waals surface area contributed by atoms with Crippen LogP contribution in [0, 0.1) is 0 Å². The number of fused-ring (bicyclic) bond motifs is 1. The van der Waals surface area contributed by atoms with Crippen molar-refractivity contribution in [1.82, 2.24) is 4.90 Å². The lowest BCUT2D eigenvalue weighted by Crippen LogP contribution is -2.54. The number of esters is 1. The fraction of sp³-hybridized carbons (Fsp3) is 0.357. The molecule has 0 saturated carbocycles. The lowest BCUT2D eigenvalue weighted by Gasteiger charge is -2.30. The zero-order chi connectivity index (χ0) is 16.5. The van der Waals surface area contributed by atoms with Gasteiger partial charge in [-0.3, -0.25) is 9.59 Å². The fourth-order valence-electron chi connectivity index (χ4n) is 2.27. The number of methoxy groups -OCH3 is 1. The Hall–Kier alpha value is -2.38. The van der Waals surface area contributed by atoms with Crippen LogP contribution in [0.3, 0.4) is 0 Å². The van der Waals surface area contributed by atoms with E-state index in [1.807, 2.05) is 0 Å². The van der Waals surface area contributed by atoms with Gasteiger partial charge in [0.15, 0.2) is 0 Å². The quantitative estimate of drug-likeness (QED) is 0.474. The Bertz CT molecular complexity index is 599. The van der Waals surface area contributed by atoms with Crippen LogP contribution in [0.5, 0.6) is 0 Å². The van der Waals surface area contributed by atoms with Gasteiger partial charge in [0, 0.05) is 12.8 Å². The first kappa shape index (κ1) is 16.0. The molecule has 0 aliphatic carbocycles. The predicted molar refractivity (Wildman–Crippen MR) is 68.0 cm³/mol. The Morgan fingerprint density at radius 3 is 2.14 bits per heavy atom. The molecular formula is C14H12F3NO4. The third kappa shape index (κ3) is 2.44. The second-order valence-corrected chi connectivity index (χ2v) is 4.67. The van der Waals surface area contributed by atoms with Crippen molar-refractivity contribution in [2.24, 2.45) is 0 Å². The molecule has 0 bridgehead atoms. The highest BCUT2D eigenvalue weighted by Crippen LogP contribution is 2.35. The highest BCUT2D eigenvalue weighted by Gasteiger charge is 2.55. The smallest absolute Gasteiger partial charge is 0.365 e. The zero-order valence-electron chi connectivity index (χ0n) is 11.5. The minimum atomic E-state index is -3.27. The molecule has 0 N–H and O–H groups in total. The normalized spacial score (nSPS) is 16.7. The first-order valence-electron chi connectivity index (χ1n) is 6.36. The number of imide groups is 1. The van der Waals surface area contributed by atoms with Crippen molar-refractivity contribution in [1.29, 1.82) is 0 Å². The molecule has 1 aliphatic heterocycles. The molecule has 0 spiro atoms. The summed E-state index contributed by atoms with van der Waals surface area (Å²) in [7, 11) is 0.844. The van der Waals surface area contributed by atoms with Crippen LogP contribution in [0.15, 0.2) is 24.3 Å². The van der Waals surface area contributed by atoms with Crippen LogP contribution in [0.25, 0.3) is 0 Å². The summed E-state index contributed by atoms with van der Waals surface area (Å²) in [4.78, 5) is 36.1. The number of halogens is 3. The van der Waals surface area contributed by atoms with Crippen molar-refractivity contribution in [3.05, 3.63) is 35.4 Å². The maximum absolute atomic E-state index is 15.0. The second kappa shape index (κ2) is 5.78. The lowest BCUT2D eigenvalue weighted by atomic mass is 10.1. The molecule has 5 nitrogen and oxygen atoms in total. The number of hydrogen-bond acceptors (Lipinski definition) is 4. The van der Waals surface area contributed by atoms with Crippen molar-refractivity contribution in [3.8, 4) is 0 Å². The predicted octanol–water partition coefficient (Wildman–Crippen LogP) is 2.17. The summed E-state index contributed by atoms with van der Waals surface area (Å²) in [6, 6.07) is 5.51. The van der Waals surface area contributed by atoms with Crippen LogP contribution in [-0.2, 0) is 9.53 Å². The van der Waals surface area contributed by atoms with Crippen molar-refractivity contribution in [2.45, 2.75) is 25.1 Å². The molecule has 22 heavy (non-hydrogen) atoms. The third-order valence-electron chi connectivity index (χ3n) is 3.34. The molecule has 0 fully saturated rings. The fourth-order valence-corrected chi connectivity index (χ4v) is 2.27. The summed E-state index contributed by atoms with van der Waals surface area (Å²) < 4.78 is 44.0. The molecule has 8 heteroatoms. The number of alkyl halides is 3. The van der Waals surface area contributed by atoms with Crippen molar-refractivity contribution in [2.75, 3.05) is 7.11 Å². The van der Waals surface area contributed by atoms with Crippen molar-refractivity contribution >= 4 is 17.8 Å². The van der Waals surface area contributed by atoms with Gasteiger partial charge in [0.2, 0.25) is 6.43 Å². The van der Waals surface area contributed by atoms with E-state index in [-0.39, 0.29) is 16.0 Å². The number of rotatable bonds is 5. The van der Waals surface area contributed by atoms with Gasteiger partial charge in [-0.1, -0.05) is 12.1 Å². The van der Waals surface area contributed by atoms with E-state index in [2.05, 4.69) is 4.74 Å². The van der Waals surface area contributed by atoms with E-state index < -0.39 is 42.8 Å². The van der Waals surface area contributed by atoms with Crippen molar-refractivity contribution in [3.63, 3.8) is 0 Å². The average molecular weight is 315 g/mol. The summed E-state index contributed by atoms with van der Waals surface area (Å²) in [5.74, 6) is -6.94. The van der Waals surface area contributed by atoms with Gasteiger partial charge in [0.25, 0.3) is 17.6 Å². The van der Waals surface area contributed by atoms with E-state index in [4.69, 9.17) is 0 Å². The van der Waals surface area contributed by atoms with E-state index in [0.717, 1.165) is 7.11 Å². The summed E-state index contributed by atoms with van der Waals surface area (Å²) in [6.07, 6.45) is -4.93. The topological polar surface area (TPSA) is 63.7 Å². The standard InChI is InChI=1S/C14H12F3NO4/c1-22-13(21)14(17,7-6-10(15)16)18-11(19)8-4-2-3-5-9(8)12(18)20/h2-5,10H,6-7H2,1H3/t14-/m1/s1. The third-order valence-corrected chi connectivity index (χ3v) is 3.34. The van der Waals surface area contributed by atoms with Crippen molar-refractivity contribution < 1.29 is 32.3 Å². The van der Waals surface area contributed by atoms with Gasteiger partial charge in [-0.25, -0.2) is 22.9 Å². The van der Waals surface area contributed by atoms with Crippen LogP contribution in [0.2, 0.25) is 0 Å². The minimum absolute atomic E-state index is 0.0614. The summed E-state index contributed by atoms with van der Waals surface area (Å²) in [6.45, 7) is 0. The lowest BCUT2D eigenvalue weighted by molar-refractivity contribution is -0.165. The molecule has 0 unspecified atom stereocenters. The Labute approximate surface area is 123 Å². The summed E-state index contributed by atoms with van der Waals surface area (Å²) >= 11 is 0. The van der Waals surface area contributed by atoms with Gasteiger partial charge >= 0.3 is 5.97 Å². The van der Waals surface area contributed by atoms with E-state index >= 15 is 0 Å². The van der Waals surface area contributed by atoms with Gasteiger partial charge < -0.3 is 4.74 Å². The molecule has 1 aromatic rings. The molecule has 2 rings (SSSR count). The van der Waals surface area contributed by atoms with E-state index in [1.165, 1.54) is 24.3 Å². The van der Waals surface area contributed by atoms with E-state index in [9.17, 15) is 27.6 Å². The molecule has 1 aromatic carbocycles. The SMILES string of the molecule is COC(=O)[C@@](F)(CCC(F)F)N1C(=O)c2ccccc2C1=O. The molecule has 1 heterocycles. The number of ether oxygens (including phenoxy) is 1. The number of amides is 2. The second-order valence-electron chi connectivity index (χ2n) is 4.67. The number of carbonyl (C=O) groups excluding carboxylic acids is 3. The molecule has 0 radical (unpaired) electrons. The van der Waals surface area contributed by atoms with Gasteiger partial charge in [-0.2, -0.15) is 0 Å². The molecule has 118 valence electrons. The van der Waals surface area contributed by atoms with Crippen LogP contribution >= 0.6 is 0 Å². The van der Waals surface area contributed by atoms with Crippen LogP contribution in [-0.4, -0.2) is 42.0 Å². The molecular weight excluding hydrogens is 303 g/mol. The summed E-state index contributed by atoms with van der Waals surface area (Å²) in [5.41, 5.74) is -0.175. The monoisotopic (exact) mass is 315 g/mol. The average Bonchev–Trinajstić information content (AvgIpc) is 2.76. The maximum Gasteiger partial charge on any atom is 0.365 e. The molecule has 0 aromatic heterocycles. The van der Waals surface area contributed by atoms with Gasteiger partial charge in [-0.05, 0) is 12.1 Å². The largest absolute Gasteiger partial charge is 0.465 e. The van der Waals surface area contributed by atoms with Crippen LogP contribution < -0.4 is 0 Å². The molecule has 1 aliphatic rings. The number of benzene rings is 1. The molecule has 1 atom stereocenters. The van der Waals surface area contributed by atoms with E-state index in [1.54, 1.807) is 0 Å². The van der Waals surface area contributed by atoms with Gasteiger partial charge in [0.05, 0.1) is 18.2 Å². The number of carbonyl (C=O) groups is 3. The van der Waals surface area contributed by atoms with E-state index in [0.29, 0.717) is 0 Å². The Kier molecular flexibility index (Phi) is 4.20. The van der Waals surface area contributed by atoms with Crippen LogP contribution in [0.4, 0.5) is 13.2 Å². The highest BCUT2D eigenvalue weighted by atomic mass is 19.3. The highest BCUT2D eigenvalue weighted by molar-refractivity contribution is 6.23. The Morgan fingerprint density at radius 1 is 1.23 bits per heavy atom. The number of hydrogen-bond donors (Lipinski definition) is 0. The Balaban J connectivity index is 2.43. The number of nitrogens with zero attached hydrogens (tertiary/aromatic N) is 1. The zero-order valence-corrected chi connectivity index (χ0v) is 11.5. The Morgan fingerprint density at radius 2 is 1.73 bits per heavy atom. The minimum Gasteiger partial charge on any atom is -0.465 e. The first-order chi connectivity index (χ1) is 10.3. The molecule has 2 amide bonds. The van der Waals surface area contributed by atoms with Gasteiger partial charge in [-0.15, -0.1) is 0 Å². The van der Waals surface area contributed by atoms with Crippen LogP contribution in [0.1, 0.15) is 33.6 Å². The molecule has 0 saturated heterocycles. The van der Waals surface area contributed by atoms with Gasteiger partial charge in [0.1, 0.15) is 0 Å². The first-order valence-corrected chi connectivity index (χ1v) is 6.36. The summed E-state index contributed by atoms with van der Waals surface area (Å²) in [5, 5.41) is 0. The maximum atomic E-state index is 15.0.